The molecule has 0 heterocycles. The van der Waals surface area contributed by atoms with Crippen LogP contribution >= 0.6 is 0 Å². The molecule has 7 N–H and O–H groups in total. The van der Waals surface area contributed by atoms with Crippen LogP contribution in [0.15, 0.2) is 0 Å². The fourth-order valence-corrected chi connectivity index (χ4v) is 1.18. The van der Waals surface area contributed by atoms with Gasteiger partial charge in [-0.1, -0.05) is 0 Å². The number of aliphatic carboxylic acids is 5. The fraction of sp³-hybridized carbons (Fsp3) is 0.444. The van der Waals surface area contributed by atoms with Crippen molar-refractivity contribution in [3.8, 4) is 0 Å². The zero-order valence-electron chi connectivity index (χ0n) is 10.2. The van der Waals surface area contributed by atoms with E-state index in [-0.39, 0.29) is 0 Å². The second-order valence-electron chi connectivity index (χ2n) is 3.68. The number of carboxylic acids is 5. The second-order valence-corrected chi connectivity index (χ2v) is 3.68. The van der Waals surface area contributed by atoms with Gasteiger partial charge in [0.2, 0.25) is 12.1 Å². The van der Waals surface area contributed by atoms with Crippen LogP contribution in [0.3, 0.4) is 0 Å². The third-order valence-corrected chi connectivity index (χ3v) is 2.18. The van der Waals surface area contributed by atoms with Crippen molar-refractivity contribution in [1.29, 1.82) is 0 Å². The van der Waals surface area contributed by atoms with Gasteiger partial charge in [-0.2, -0.15) is 0 Å². The fourth-order valence-electron chi connectivity index (χ4n) is 1.18. The van der Waals surface area contributed by atoms with Crippen molar-refractivity contribution in [3.63, 3.8) is 0 Å². The Balaban J connectivity index is 4.89. The van der Waals surface area contributed by atoms with E-state index in [9.17, 15) is 24.0 Å². The Morgan fingerprint density at radius 1 is 0.667 bits per heavy atom. The molecule has 0 radical (unpaired) electrons. The smallest absolute Gasteiger partial charge is 0.332 e. The molecule has 12 nitrogen and oxygen atoms in total. The minimum atomic E-state index is -2.25. The standard InChI is InChI=1S/C9H12N2O10/c12-5(13)2(11-4(8(18)19)9(20)21)1-10-3(6(14)15)7(16)17/h2-4,10-11H,1H2,(H,12,13)(H,14,15)(H,16,17)(H,18,19)(H,20,21). The molecule has 0 spiro atoms. The molecular formula is C9H12N2O10. The minimum absolute atomic E-state index is 0.824. The van der Waals surface area contributed by atoms with Gasteiger partial charge in [0.05, 0.1) is 0 Å². The van der Waals surface area contributed by atoms with Crippen LogP contribution in [0.4, 0.5) is 0 Å². The monoisotopic (exact) mass is 308 g/mol. The van der Waals surface area contributed by atoms with Crippen LogP contribution in [0.1, 0.15) is 0 Å². The summed E-state index contributed by atoms with van der Waals surface area (Å²) in [5, 5.41) is 46.7. The van der Waals surface area contributed by atoms with Gasteiger partial charge in [0.1, 0.15) is 6.04 Å². The minimum Gasteiger partial charge on any atom is -0.480 e. The highest BCUT2D eigenvalue weighted by Gasteiger charge is 2.33. The molecule has 0 aromatic heterocycles. The summed E-state index contributed by atoms with van der Waals surface area (Å²) in [6.07, 6.45) is 0. The predicted octanol–water partition coefficient (Wildman–Crippen LogP) is -3.31. The lowest BCUT2D eigenvalue weighted by Crippen LogP contribution is -2.57. The summed E-state index contributed by atoms with van der Waals surface area (Å²) in [5.74, 6) is -8.99. The van der Waals surface area contributed by atoms with Crippen molar-refractivity contribution in [1.82, 2.24) is 10.6 Å². The van der Waals surface area contributed by atoms with Gasteiger partial charge < -0.3 is 25.5 Å². The molecule has 0 saturated carbocycles. The van der Waals surface area contributed by atoms with Crippen LogP contribution in [0.2, 0.25) is 0 Å². The van der Waals surface area contributed by atoms with E-state index in [1.54, 1.807) is 5.32 Å². The summed E-state index contributed by atoms with van der Waals surface area (Å²) in [6.45, 7) is -0.824. The first-order valence-corrected chi connectivity index (χ1v) is 5.21. The Kier molecular flexibility index (Phi) is 6.75. The largest absolute Gasteiger partial charge is 0.480 e. The van der Waals surface area contributed by atoms with Crippen molar-refractivity contribution in [3.05, 3.63) is 0 Å². The molecule has 0 aliphatic rings. The Morgan fingerprint density at radius 2 is 1.05 bits per heavy atom. The van der Waals surface area contributed by atoms with E-state index in [1.807, 2.05) is 5.32 Å². The summed E-state index contributed by atoms with van der Waals surface area (Å²) in [7, 11) is 0. The van der Waals surface area contributed by atoms with E-state index in [2.05, 4.69) is 0 Å². The van der Waals surface area contributed by atoms with Gasteiger partial charge in [-0.05, 0) is 0 Å². The second kappa shape index (κ2) is 7.76. The molecule has 21 heavy (non-hydrogen) atoms. The molecular weight excluding hydrogens is 296 g/mol. The highest BCUT2D eigenvalue weighted by Crippen LogP contribution is 1.93. The molecule has 0 aromatic rings. The molecule has 0 bridgehead atoms. The molecule has 12 heteroatoms. The zero-order valence-corrected chi connectivity index (χ0v) is 10.2. The molecule has 0 aliphatic carbocycles. The lowest BCUT2D eigenvalue weighted by molar-refractivity contribution is -0.155. The van der Waals surface area contributed by atoms with Crippen molar-refractivity contribution in [2.24, 2.45) is 0 Å². The Morgan fingerprint density at radius 3 is 1.33 bits per heavy atom. The average molecular weight is 308 g/mol. The van der Waals surface area contributed by atoms with Crippen LogP contribution in [0.25, 0.3) is 0 Å². The molecule has 118 valence electrons. The van der Waals surface area contributed by atoms with Crippen LogP contribution in [-0.2, 0) is 24.0 Å². The normalized spacial score (nSPS) is 12.1. The average Bonchev–Trinajstić information content (AvgIpc) is 2.30. The van der Waals surface area contributed by atoms with Gasteiger partial charge in [-0.15, -0.1) is 0 Å². The maximum absolute atomic E-state index is 10.8. The van der Waals surface area contributed by atoms with Gasteiger partial charge >= 0.3 is 29.8 Å². The van der Waals surface area contributed by atoms with E-state index in [0.717, 1.165) is 0 Å². The van der Waals surface area contributed by atoms with E-state index >= 15 is 0 Å². The molecule has 0 aliphatic heterocycles. The molecule has 0 saturated heterocycles. The van der Waals surface area contributed by atoms with Crippen LogP contribution in [0, 0.1) is 0 Å². The van der Waals surface area contributed by atoms with Crippen molar-refractivity contribution >= 4 is 29.8 Å². The van der Waals surface area contributed by atoms with E-state index < -0.39 is 54.5 Å². The van der Waals surface area contributed by atoms with Gasteiger partial charge in [0.15, 0.2) is 0 Å². The SMILES string of the molecule is O=C(O)C(CNC(C(=O)O)C(=O)O)NC(C(=O)O)C(=O)O. The maximum atomic E-state index is 10.8. The number of nitrogens with one attached hydrogen (secondary N) is 2. The number of carbonyl (C=O) groups is 5. The van der Waals surface area contributed by atoms with Gasteiger partial charge in [0.25, 0.3) is 0 Å². The van der Waals surface area contributed by atoms with E-state index in [4.69, 9.17) is 25.5 Å². The Labute approximate surface area is 116 Å². The van der Waals surface area contributed by atoms with E-state index in [0.29, 0.717) is 0 Å². The third-order valence-electron chi connectivity index (χ3n) is 2.18. The topological polar surface area (TPSA) is 211 Å². The maximum Gasteiger partial charge on any atom is 0.332 e. The highest BCUT2D eigenvalue weighted by molar-refractivity contribution is 5.98. The predicted molar refractivity (Wildman–Crippen MR) is 60.7 cm³/mol. The first kappa shape index (κ1) is 18.3. The molecule has 0 aromatic carbocycles. The van der Waals surface area contributed by atoms with Crippen LogP contribution in [0.5, 0.6) is 0 Å². The molecule has 1 unspecified atom stereocenters. The molecule has 0 fully saturated rings. The van der Waals surface area contributed by atoms with Crippen LogP contribution < -0.4 is 10.6 Å². The lowest BCUT2D eigenvalue weighted by Gasteiger charge is -2.19. The van der Waals surface area contributed by atoms with Gasteiger partial charge in [0, 0.05) is 6.54 Å². The van der Waals surface area contributed by atoms with Crippen molar-refractivity contribution in [2.75, 3.05) is 6.54 Å². The first-order valence-electron chi connectivity index (χ1n) is 5.21. The van der Waals surface area contributed by atoms with Gasteiger partial charge in [-0.3, -0.25) is 15.4 Å². The summed E-state index contributed by atoms with van der Waals surface area (Å²) in [4.78, 5) is 53.2. The number of hydrogen-bond acceptors (Lipinski definition) is 7. The third kappa shape index (κ3) is 5.84. The number of rotatable bonds is 10. The van der Waals surface area contributed by atoms with Crippen LogP contribution in [-0.4, -0.2) is 80.0 Å². The number of hydrogen-bond donors (Lipinski definition) is 7. The quantitative estimate of drug-likeness (QED) is 0.198. The molecule has 1 atom stereocenters. The highest BCUT2D eigenvalue weighted by atomic mass is 16.4. The lowest BCUT2D eigenvalue weighted by atomic mass is 10.2. The summed E-state index contributed by atoms with van der Waals surface area (Å²) in [5.41, 5.74) is 0. The van der Waals surface area contributed by atoms with Crippen molar-refractivity contribution < 1.29 is 49.5 Å². The first-order chi connectivity index (χ1) is 9.57. The molecule has 0 rings (SSSR count). The molecule has 0 amide bonds. The van der Waals surface area contributed by atoms with Crippen molar-refractivity contribution in [2.45, 2.75) is 18.1 Å². The van der Waals surface area contributed by atoms with E-state index in [1.165, 1.54) is 0 Å². The Bertz CT molecular complexity index is 433. The zero-order chi connectivity index (χ0) is 16.7. The summed E-state index contributed by atoms with van der Waals surface area (Å²) >= 11 is 0. The number of carboxylic acid groups (broad SMARTS) is 5. The summed E-state index contributed by atoms with van der Waals surface area (Å²) in [6, 6.07) is -6.20. The van der Waals surface area contributed by atoms with Gasteiger partial charge in [-0.25, -0.2) is 19.2 Å². The summed E-state index contributed by atoms with van der Waals surface area (Å²) < 4.78 is 0. The Hall–Kier alpha value is -2.73.